The van der Waals surface area contributed by atoms with Crippen molar-refractivity contribution >= 4 is 52.0 Å². The highest BCUT2D eigenvalue weighted by molar-refractivity contribution is 6.41. The number of hydrogen-bond donors (Lipinski definition) is 3. The molecule has 0 bridgehead atoms. The summed E-state index contributed by atoms with van der Waals surface area (Å²) in [5.74, 6) is 1.40. The van der Waals surface area contributed by atoms with Crippen LogP contribution in [0.2, 0.25) is 10.0 Å². The summed E-state index contributed by atoms with van der Waals surface area (Å²) in [4.78, 5) is 29.1. The van der Waals surface area contributed by atoms with Crippen molar-refractivity contribution in [3.63, 3.8) is 0 Å². The predicted octanol–water partition coefficient (Wildman–Crippen LogP) is 6.47. The zero-order chi connectivity index (χ0) is 29.4. The molecule has 0 saturated carbocycles. The van der Waals surface area contributed by atoms with Gasteiger partial charge >= 0.3 is 6.03 Å². The van der Waals surface area contributed by atoms with E-state index >= 15 is 0 Å². The lowest BCUT2D eigenvalue weighted by Gasteiger charge is -2.22. The maximum atomic E-state index is 12.9. The number of pyridine rings is 1. The quantitative estimate of drug-likeness (QED) is 0.205. The van der Waals surface area contributed by atoms with Crippen LogP contribution in [0, 0.1) is 0 Å². The Kier molecular flexibility index (Phi) is 11.0. The lowest BCUT2D eigenvalue weighted by Crippen LogP contribution is -2.43. The average molecular weight is 593 g/mol. The number of ether oxygens (including phenoxy) is 2. The number of amides is 2. The maximum absolute atomic E-state index is 12.9. The van der Waals surface area contributed by atoms with E-state index in [1.54, 1.807) is 18.3 Å². The molecule has 1 aromatic carbocycles. The van der Waals surface area contributed by atoms with Gasteiger partial charge in [-0.3, -0.25) is 5.32 Å². The predicted molar refractivity (Wildman–Crippen MR) is 163 cm³/mol. The van der Waals surface area contributed by atoms with Crippen LogP contribution in [0.3, 0.4) is 0 Å². The molecule has 3 rings (SSSR count). The molecule has 0 saturated heterocycles. The highest BCUT2D eigenvalue weighted by atomic mass is 35.5. The maximum Gasteiger partial charge on any atom is 0.320 e. The number of methoxy groups -OCH3 is 2. The van der Waals surface area contributed by atoms with Crippen molar-refractivity contribution in [2.45, 2.75) is 53.0 Å². The smallest absolute Gasteiger partial charge is 0.320 e. The number of benzene rings is 1. The van der Waals surface area contributed by atoms with E-state index < -0.39 is 11.6 Å². The number of carbonyl (C=O) groups is 1. The van der Waals surface area contributed by atoms with Gasteiger partial charge in [-0.1, -0.05) is 37.0 Å². The number of rotatable bonds is 12. The minimum absolute atomic E-state index is 0.220. The van der Waals surface area contributed by atoms with Crippen LogP contribution in [0.5, 0.6) is 11.5 Å². The summed E-state index contributed by atoms with van der Waals surface area (Å²) in [6.45, 7) is 13.9. The van der Waals surface area contributed by atoms with Crippen molar-refractivity contribution in [2.75, 3.05) is 51.0 Å². The van der Waals surface area contributed by atoms with Gasteiger partial charge in [0.1, 0.15) is 17.3 Å². The van der Waals surface area contributed by atoms with Crippen LogP contribution in [-0.4, -0.2) is 71.8 Å². The number of aromatic nitrogens is 3. The fraction of sp³-hybridized carbons (Fsp3) is 0.500. The molecule has 2 amide bonds. The minimum Gasteiger partial charge on any atom is -0.495 e. The highest BCUT2D eigenvalue weighted by Crippen LogP contribution is 2.48. The topological polar surface area (TPSA) is 114 Å². The average Bonchev–Trinajstić information content (AvgIpc) is 2.90. The molecular weight excluding hydrogens is 553 g/mol. The minimum atomic E-state index is -0.472. The summed E-state index contributed by atoms with van der Waals surface area (Å²) in [5, 5.41) is 10.1. The molecule has 40 heavy (non-hydrogen) atoms. The summed E-state index contributed by atoms with van der Waals surface area (Å²) < 4.78 is 10.9. The van der Waals surface area contributed by atoms with Crippen LogP contribution in [0.25, 0.3) is 22.2 Å². The molecule has 0 aliphatic carbocycles. The number of urea groups is 1. The molecule has 3 aromatic rings. The fourth-order valence-electron chi connectivity index (χ4n) is 4.14. The van der Waals surface area contributed by atoms with Gasteiger partial charge in [-0.05, 0) is 59.3 Å². The molecule has 0 aliphatic heterocycles. The van der Waals surface area contributed by atoms with Gasteiger partial charge in [-0.25, -0.2) is 14.8 Å². The Hall–Kier alpha value is -3.08. The second-order valence-corrected chi connectivity index (χ2v) is 11.0. The number of halogens is 2. The first kappa shape index (κ1) is 31.4. The third kappa shape index (κ3) is 7.99. The standard InChI is InChI=1S/C28H39Cl2N7O3/c1-8-37(9-2)13-11-10-12-31-26-32-16-17-14-18(21-22(29)19(39-6)15-20(40-7)23(21)30)25(33-24(17)34-26)35-27(38)36-28(3,4)5/h14-16H,8-13H2,1-7H3,(H3,31,32,33,34,35,36,38). The van der Waals surface area contributed by atoms with E-state index in [-0.39, 0.29) is 15.9 Å². The molecule has 0 radical (unpaired) electrons. The van der Waals surface area contributed by atoms with Crippen LogP contribution in [0.1, 0.15) is 47.5 Å². The molecule has 10 nitrogen and oxygen atoms in total. The number of carbonyl (C=O) groups excluding carboxylic acids is 1. The molecular formula is C28H39Cl2N7O3. The molecule has 2 heterocycles. The zero-order valence-corrected chi connectivity index (χ0v) is 25.8. The van der Waals surface area contributed by atoms with E-state index in [9.17, 15) is 4.79 Å². The van der Waals surface area contributed by atoms with Crippen LogP contribution in [0.15, 0.2) is 18.3 Å². The van der Waals surface area contributed by atoms with Crippen molar-refractivity contribution in [3.8, 4) is 22.6 Å². The van der Waals surface area contributed by atoms with Crippen LogP contribution < -0.4 is 25.4 Å². The van der Waals surface area contributed by atoms with Gasteiger partial charge < -0.3 is 25.0 Å². The van der Waals surface area contributed by atoms with Gasteiger partial charge in [0.2, 0.25) is 5.95 Å². The van der Waals surface area contributed by atoms with Crippen molar-refractivity contribution in [1.82, 2.24) is 25.2 Å². The number of anilines is 2. The Morgan fingerprint density at radius 3 is 2.23 bits per heavy atom. The summed E-state index contributed by atoms with van der Waals surface area (Å²) in [6, 6.07) is 2.95. The molecule has 12 heteroatoms. The lowest BCUT2D eigenvalue weighted by molar-refractivity contribution is 0.243. The third-order valence-corrected chi connectivity index (χ3v) is 6.96. The van der Waals surface area contributed by atoms with Gasteiger partial charge in [0.15, 0.2) is 5.65 Å². The monoisotopic (exact) mass is 591 g/mol. The van der Waals surface area contributed by atoms with Gasteiger partial charge in [-0.2, -0.15) is 4.98 Å². The third-order valence-electron chi connectivity index (χ3n) is 6.21. The SMILES string of the molecule is CCN(CC)CCCCNc1ncc2cc(-c3c(Cl)c(OC)cc(OC)c3Cl)c(NC(=O)NC(C)(C)C)nc2n1. The highest BCUT2D eigenvalue weighted by Gasteiger charge is 2.24. The first-order chi connectivity index (χ1) is 19.0. The Balaban J connectivity index is 2.00. The van der Waals surface area contributed by atoms with Crippen LogP contribution >= 0.6 is 23.2 Å². The van der Waals surface area contributed by atoms with Gasteiger partial charge in [0, 0.05) is 40.9 Å². The summed E-state index contributed by atoms with van der Waals surface area (Å²) in [7, 11) is 3.00. The molecule has 0 aliphatic rings. The van der Waals surface area contributed by atoms with E-state index in [0.717, 1.165) is 39.0 Å². The van der Waals surface area contributed by atoms with E-state index in [1.807, 2.05) is 20.8 Å². The summed E-state index contributed by atoms with van der Waals surface area (Å²) >= 11 is 13.4. The Morgan fingerprint density at radius 1 is 1.00 bits per heavy atom. The molecule has 0 fully saturated rings. The molecule has 2 aromatic heterocycles. The number of unbranched alkanes of at least 4 members (excludes halogenated alkanes) is 1. The second-order valence-electron chi connectivity index (χ2n) is 10.3. The Labute approximate surface area is 246 Å². The largest absolute Gasteiger partial charge is 0.495 e. The Morgan fingerprint density at radius 2 is 1.65 bits per heavy atom. The summed E-state index contributed by atoms with van der Waals surface area (Å²) in [5.41, 5.74) is 0.789. The van der Waals surface area contributed by atoms with Crippen LogP contribution in [-0.2, 0) is 0 Å². The van der Waals surface area contributed by atoms with Crippen molar-refractivity contribution < 1.29 is 14.3 Å². The molecule has 3 N–H and O–H groups in total. The fourth-order valence-corrected chi connectivity index (χ4v) is 4.84. The van der Waals surface area contributed by atoms with Crippen molar-refractivity contribution in [3.05, 3.63) is 28.4 Å². The van der Waals surface area contributed by atoms with E-state index in [1.165, 1.54) is 14.2 Å². The van der Waals surface area contributed by atoms with Gasteiger partial charge in [0.05, 0.1) is 24.3 Å². The lowest BCUT2D eigenvalue weighted by atomic mass is 10.0. The van der Waals surface area contributed by atoms with E-state index in [2.05, 4.69) is 44.7 Å². The number of nitrogens with one attached hydrogen (secondary N) is 3. The number of nitrogens with zero attached hydrogens (tertiary/aromatic N) is 4. The van der Waals surface area contributed by atoms with Crippen LogP contribution in [0.4, 0.5) is 16.6 Å². The van der Waals surface area contributed by atoms with E-state index in [4.69, 9.17) is 37.7 Å². The molecule has 0 unspecified atom stereocenters. The molecule has 0 atom stereocenters. The first-order valence-electron chi connectivity index (χ1n) is 13.3. The molecule has 0 spiro atoms. The normalized spacial score (nSPS) is 11.6. The molecule has 218 valence electrons. The van der Waals surface area contributed by atoms with Crippen molar-refractivity contribution in [2.24, 2.45) is 0 Å². The summed E-state index contributed by atoms with van der Waals surface area (Å²) in [6.07, 6.45) is 3.74. The zero-order valence-electron chi connectivity index (χ0n) is 24.2. The van der Waals surface area contributed by atoms with Gasteiger partial charge in [0.25, 0.3) is 0 Å². The van der Waals surface area contributed by atoms with E-state index in [0.29, 0.717) is 39.6 Å². The Bertz CT molecular complexity index is 1300. The number of fused-ring (bicyclic) bond motifs is 1. The first-order valence-corrected chi connectivity index (χ1v) is 14.1. The van der Waals surface area contributed by atoms with Gasteiger partial charge in [-0.15, -0.1) is 0 Å². The number of hydrogen-bond acceptors (Lipinski definition) is 8. The second kappa shape index (κ2) is 14.0. The van der Waals surface area contributed by atoms with Crippen molar-refractivity contribution in [1.29, 1.82) is 0 Å².